The molecule has 8 heteroatoms. The molecule has 88 valence electrons. The van der Waals surface area contributed by atoms with E-state index in [9.17, 15) is 9.59 Å². The fourth-order valence-corrected chi connectivity index (χ4v) is 1.76. The minimum absolute atomic E-state index is 0.103. The first kappa shape index (κ1) is 11.3. The molecule has 0 spiro atoms. The summed E-state index contributed by atoms with van der Waals surface area (Å²) in [6.45, 7) is 0.206. The van der Waals surface area contributed by atoms with E-state index < -0.39 is 11.9 Å². The van der Waals surface area contributed by atoms with E-state index in [1.165, 1.54) is 11.6 Å². The summed E-state index contributed by atoms with van der Waals surface area (Å²) >= 11 is 0.975. The van der Waals surface area contributed by atoms with Gasteiger partial charge in [0.25, 0.3) is 5.91 Å². The highest BCUT2D eigenvalue weighted by Gasteiger charge is 2.14. The largest absolute Gasteiger partial charge is 0.476 e. The molecule has 2 heterocycles. The highest BCUT2D eigenvalue weighted by Crippen LogP contribution is 2.09. The van der Waals surface area contributed by atoms with E-state index in [1.54, 1.807) is 6.07 Å². The highest BCUT2D eigenvalue weighted by molar-refractivity contribution is 7.11. The van der Waals surface area contributed by atoms with Crippen LogP contribution in [-0.2, 0) is 6.54 Å². The predicted molar refractivity (Wildman–Crippen MR) is 56.7 cm³/mol. The molecule has 0 aromatic carbocycles. The first-order valence-electron chi connectivity index (χ1n) is 4.53. The quantitative estimate of drug-likeness (QED) is 0.833. The third kappa shape index (κ3) is 2.67. The third-order valence-electron chi connectivity index (χ3n) is 1.84. The Hall–Kier alpha value is -2.22. The first-order chi connectivity index (χ1) is 8.16. The van der Waals surface area contributed by atoms with E-state index in [-0.39, 0.29) is 17.2 Å². The predicted octanol–water partition coefficient (Wildman–Crippen LogP) is 0.759. The van der Waals surface area contributed by atoms with E-state index in [4.69, 9.17) is 5.11 Å². The van der Waals surface area contributed by atoms with Crippen LogP contribution in [0.5, 0.6) is 0 Å². The van der Waals surface area contributed by atoms with Gasteiger partial charge in [0.2, 0.25) is 0 Å². The summed E-state index contributed by atoms with van der Waals surface area (Å²) in [7, 11) is 0. The van der Waals surface area contributed by atoms with Gasteiger partial charge in [-0.2, -0.15) is 0 Å². The minimum Gasteiger partial charge on any atom is -0.476 e. The molecule has 2 aromatic rings. The lowest BCUT2D eigenvalue weighted by Gasteiger charge is -1.98. The van der Waals surface area contributed by atoms with Crippen molar-refractivity contribution in [1.29, 1.82) is 0 Å². The second-order valence-electron chi connectivity index (χ2n) is 3.02. The lowest BCUT2D eigenvalue weighted by molar-refractivity contribution is 0.0691. The zero-order valence-corrected chi connectivity index (χ0v) is 9.23. The Labute approximate surface area is 99.1 Å². The average molecular weight is 253 g/mol. The molecule has 0 saturated carbocycles. The van der Waals surface area contributed by atoms with E-state index in [2.05, 4.69) is 20.0 Å². The lowest BCUT2D eigenvalue weighted by Crippen LogP contribution is -2.22. The average Bonchev–Trinajstić information content (AvgIpc) is 2.96. The molecule has 7 nitrogen and oxygen atoms in total. The van der Waals surface area contributed by atoms with Crippen LogP contribution in [0.3, 0.4) is 0 Å². The van der Waals surface area contributed by atoms with Crippen molar-refractivity contribution in [3.63, 3.8) is 0 Å². The van der Waals surface area contributed by atoms with Crippen molar-refractivity contribution in [2.75, 3.05) is 0 Å². The molecule has 0 atom stereocenters. The zero-order valence-electron chi connectivity index (χ0n) is 8.41. The summed E-state index contributed by atoms with van der Waals surface area (Å²) in [6, 6.07) is 1.62. The summed E-state index contributed by atoms with van der Waals surface area (Å²) in [5.41, 5.74) is 0.440. The molecular weight excluding hydrogens is 246 g/mol. The summed E-state index contributed by atoms with van der Waals surface area (Å²) in [4.78, 5) is 25.8. The van der Waals surface area contributed by atoms with Crippen LogP contribution in [0.1, 0.15) is 26.0 Å². The number of hydrogen-bond donors (Lipinski definition) is 2. The number of carboxylic acids is 1. The second-order valence-corrected chi connectivity index (χ2v) is 3.87. The van der Waals surface area contributed by atoms with E-state index >= 15 is 0 Å². The fourth-order valence-electron chi connectivity index (χ4n) is 1.05. The van der Waals surface area contributed by atoms with Crippen LogP contribution in [0.15, 0.2) is 22.2 Å². The number of nitrogens with zero attached hydrogens (tertiary/aromatic N) is 2. The van der Waals surface area contributed by atoms with E-state index in [1.807, 2.05) is 0 Å². The fraction of sp³-hybridized carbons (Fsp3) is 0.111. The summed E-state index contributed by atoms with van der Waals surface area (Å²) in [5, 5.41) is 16.2. The summed E-state index contributed by atoms with van der Waals surface area (Å²) < 4.78 is 4.60. The van der Waals surface area contributed by atoms with Gasteiger partial charge < -0.3 is 14.9 Å². The molecule has 17 heavy (non-hydrogen) atoms. The van der Waals surface area contributed by atoms with Crippen molar-refractivity contribution in [2.45, 2.75) is 6.54 Å². The monoisotopic (exact) mass is 253 g/mol. The molecule has 0 radical (unpaired) electrons. The maximum Gasteiger partial charge on any atom is 0.355 e. The lowest BCUT2D eigenvalue weighted by atomic mass is 10.4. The molecule has 2 aromatic heterocycles. The van der Waals surface area contributed by atoms with Gasteiger partial charge >= 0.3 is 5.97 Å². The molecule has 0 bridgehead atoms. The van der Waals surface area contributed by atoms with Gasteiger partial charge in [0.05, 0.1) is 6.54 Å². The van der Waals surface area contributed by atoms with Gasteiger partial charge in [-0.15, -0.1) is 11.3 Å². The number of aromatic nitrogens is 2. The molecule has 0 aliphatic heterocycles. The smallest absolute Gasteiger partial charge is 0.355 e. The van der Waals surface area contributed by atoms with Crippen LogP contribution in [0.25, 0.3) is 0 Å². The van der Waals surface area contributed by atoms with Gasteiger partial charge in [0.1, 0.15) is 12.0 Å². The summed E-state index contributed by atoms with van der Waals surface area (Å²) in [6.07, 6.45) is 1.40. The van der Waals surface area contributed by atoms with Gasteiger partial charge in [0, 0.05) is 11.4 Å². The molecule has 0 aliphatic rings. The summed E-state index contributed by atoms with van der Waals surface area (Å²) in [5.74, 6) is -1.60. The van der Waals surface area contributed by atoms with Gasteiger partial charge in [0.15, 0.2) is 10.7 Å². The maximum absolute atomic E-state index is 11.6. The van der Waals surface area contributed by atoms with Gasteiger partial charge in [-0.05, 0) is 0 Å². The molecule has 0 unspecified atom stereocenters. The van der Waals surface area contributed by atoms with Crippen molar-refractivity contribution >= 4 is 23.2 Å². The molecule has 0 saturated heterocycles. The zero-order chi connectivity index (χ0) is 12.3. The Morgan fingerprint density at radius 2 is 2.35 bits per heavy atom. The van der Waals surface area contributed by atoms with Crippen LogP contribution >= 0.6 is 11.3 Å². The van der Waals surface area contributed by atoms with Gasteiger partial charge in [-0.25, -0.2) is 9.78 Å². The Morgan fingerprint density at radius 3 is 2.94 bits per heavy atom. The van der Waals surface area contributed by atoms with Crippen LogP contribution in [0, 0.1) is 0 Å². The number of amides is 1. The minimum atomic E-state index is -1.16. The maximum atomic E-state index is 11.6. The second kappa shape index (κ2) is 4.74. The number of thiazole rings is 1. The van der Waals surface area contributed by atoms with Crippen LogP contribution in [-0.4, -0.2) is 27.1 Å². The molecular formula is C9H7N3O4S. The van der Waals surface area contributed by atoms with E-state index in [0.29, 0.717) is 5.69 Å². The number of hydrogen-bond acceptors (Lipinski definition) is 6. The Balaban J connectivity index is 1.97. The standard InChI is InChI=1S/C9H7N3O4S/c13-7(10-3-5-1-2-16-12-5)8-11-6(4-17-8)9(14)15/h1-2,4H,3H2,(H,10,13)(H,14,15). The molecule has 2 rings (SSSR count). The van der Waals surface area contributed by atoms with Crippen molar-refractivity contribution in [3.05, 3.63) is 34.1 Å². The SMILES string of the molecule is O=C(O)c1csc(C(=O)NCc2ccon2)n1. The van der Waals surface area contributed by atoms with Crippen LogP contribution in [0.4, 0.5) is 0 Å². The van der Waals surface area contributed by atoms with Gasteiger partial charge in [-0.3, -0.25) is 4.79 Å². The number of nitrogens with one attached hydrogen (secondary N) is 1. The number of rotatable bonds is 4. The number of carbonyl (C=O) groups is 2. The molecule has 0 aliphatic carbocycles. The Kier molecular flexibility index (Phi) is 3.15. The van der Waals surface area contributed by atoms with Crippen LogP contribution in [0.2, 0.25) is 0 Å². The first-order valence-corrected chi connectivity index (χ1v) is 5.41. The molecule has 2 N–H and O–H groups in total. The topological polar surface area (TPSA) is 105 Å². The number of aromatic carboxylic acids is 1. The number of carbonyl (C=O) groups excluding carboxylic acids is 1. The van der Waals surface area contributed by atoms with Crippen molar-refractivity contribution in [2.24, 2.45) is 0 Å². The van der Waals surface area contributed by atoms with Crippen LogP contribution < -0.4 is 5.32 Å². The van der Waals surface area contributed by atoms with E-state index in [0.717, 1.165) is 11.3 Å². The van der Waals surface area contributed by atoms with Crippen molar-refractivity contribution < 1.29 is 19.2 Å². The van der Waals surface area contributed by atoms with Gasteiger partial charge in [-0.1, -0.05) is 5.16 Å². The van der Waals surface area contributed by atoms with Crippen molar-refractivity contribution in [1.82, 2.24) is 15.5 Å². The molecule has 1 amide bonds. The van der Waals surface area contributed by atoms with Crippen molar-refractivity contribution in [3.8, 4) is 0 Å². The Bertz CT molecular complexity index is 534. The Morgan fingerprint density at radius 1 is 1.53 bits per heavy atom. The highest BCUT2D eigenvalue weighted by atomic mass is 32.1. The number of carboxylic acid groups (broad SMARTS) is 1. The third-order valence-corrected chi connectivity index (χ3v) is 2.68. The normalized spacial score (nSPS) is 10.1. The molecule has 0 fully saturated rings.